The number of aromatic nitrogens is 5. The van der Waals surface area contributed by atoms with Crippen LogP contribution in [0.2, 0.25) is 0 Å². The third kappa shape index (κ3) is 2.41. The molecule has 0 spiro atoms. The number of rotatable bonds is 3. The smallest absolute Gasteiger partial charge is 0.303 e. The second-order valence-corrected chi connectivity index (χ2v) is 5.10. The normalized spacial score (nSPS) is 24.7. The molecule has 0 amide bonds. The Morgan fingerprint density at radius 1 is 1.59 bits per heavy atom. The first-order valence-corrected chi connectivity index (χ1v) is 6.93. The van der Waals surface area contributed by atoms with Crippen molar-refractivity contribution in [1.29, 1.82) is 0 Å². The van der Waals surface area contributed by atoms with Gasteiger partial charge in [0, 0.05) is 13.3 Å². The Kier molecular flexibility index (Phi) is 3.53. The summed E-state index contributed by atoms with van der Waals surface area (Å²) in [4.78, 5) is 29.5. The number of nitrogens with zero attached hydrogens (tertiary/aromatic N) is 4. The highest BCUT2D eigenvalue weighted by Crippen LogP contribution is 2.33. The number of carbonyl (C=O) groups excluding carboxylic acids is 1. The molecule has 1 aliphatic rings. The molecule has 0 radical (unpaired) electrons. The summed E-state index contributed by atoms with van der Waals surface area (Å²) in [6.07, 6.45) is 0.0211. The Morgan fingerprint density at radius 2 is 2.36 bits per heavy atom. The highest BCUT2D eigenvalue weighted by atomic mass is 16.6. The van der Waals surface area contributed by atoms with Crippen molar-refractivity contribution in [2.24, 2.45) is 0 Å². The van der Waals surface area contributed by atoms with Crippen LogP contribution in [0.25, 0.3) is 11.2 Å². The van der Waals surface area contributed by atoms with Gasteiger partial charge in [0.15, 0.2) is 23.5 Å². The number of hydrogen-bond acceptors (Lipinski definition) is 8. The molecule has 2 aromatic heterocycles. The van der Waals surface area contributed by atoms with Gasteiger partial charge < -0.3 is 15.2 Å². The number of nitrogens with two attached hydrogens (primary N) is 1. The number of nitrogen functional groups attached to an aromatic ring is 1. The average molecular weight is 308 g/mol. The van der Waals surface area contributed by atoms with E-state index >= 15 is 0 Å². The van der Waals surface area contributed by atoms with E-state index in [1.165, 1.54) is 11.6 Å². The van der Waals surface area contributed by atoms with Gasteiger partial charge in [-0.2, -0.15) is 9.67 Å². The van der Waals surface area contributed by atoms with E-state index in [-0.39, 0.29) is 23.2 Å². The van der Waals surface area contributed by atoms with Crippen molar-refractivity contribution >= 4 is 23.1 Å². The third-order valence-electron chi connectivity index (χ3n) is 3.51. The second kappa shape index (κ2) is 5.37. The van der Waals surface area contributed by atoms with Crippen LogP contribution in [-0.2, 0) is 14.3 Å². The second-order valence-electron chi connectivity index (χ2n) is 5.10. The summed E-state index contributed by atoms with van der Waals surface area (Å²) in [6, 6.07) is 0. The van der Waals surface area contributed by atoms with E-state index in [0.717, 1.165) is 6.42 Å². The number of nitrogens with one attached hydrogen (secondary N) is 1. The van der Waals surface area contributed by atoms with E-state index < -0.39 is 23.9 Å². The summed E-state index contributed by atoms with van der Waals surface area (Å²) in [7, 11) is 0. The molecule has 3 atom stereocenters. The summed E-state index contributed by atoms with van der Waals surface area (Å²) in [5.74, 6) is -0.458. The maximum atomic E-state index is 11.8. The van der Waals surface area contributed by atoms with Gasteiger partial charge in [-0.15, -0.1) is 5.10 Å². The summed E-state index contributed by atoms with van der Waals surface area (Å²) < 4.78 is 12.5. The van der Waals surface area contributed by atoms with Crippen molar-refractivity contribution in [3.05, 3.63) is 10.4 Å². The predicted octanol–water partition coefficient (Wildman–Crippen LogP) is -0.274. The van der Waals surface area contributed by atoms with Gasteiger partial charge in [-0.25, -0.2) is 0 Å². The lowest BCUT2D eigenvalue weighted by Gasteiger charge is -2.18. The van der Waals surface area contributed by atoms with Crippen LogP contribution in [0, 0.1) is 0 Å². The Balaban J connectivity index is 2.04. The van der Waals surface area contributed by atoms with Crippen LogP contribution < -0.4 is 11.3 Å². The molecule has 22 heavy (non-hydrogen) atoms. The Morgan fingerprint density at radius 3 is 3.05 bits per heavy atom. The molecule has 3 rings (SSSR count). The first-order valence-electron chi connectivity index (χ1n) is 6.93. The molecule has 0 aromatic carbocycles. The molecule has 10 heteroatoms. The number of fused-ring (bicyclic) bond motifs is 1. The van der Waals surface area contributed by atoms with Crippen LogP contribution in [-0.4, -0.2) is 43.1 Å². The minimum absolute atomic E-state index is 0.0462. The van der Waals surface area contributed by atoms with Crippen LogP contribution in [0.3, 0.4) is 0 Å². The van der Waals surface area contributed by atoms with Crippen LogP contribution in [0.1, 0.15) is 32.9 Å². The van der Waals surface area contributed by atoms with Gasteiger partial charge in [-0.05, 0) is 6.42 Å². The lowest BCUT2D eigenvalue weighted by atomic mass is 10.1. The number of H-pyrrole nitrogens is 1. The van der Waals surface area contributed by atoms with Gasteiger partial charge in [0.1, 0.15) is 0 Å². The molecule has 0 unspecified atom stereocenters. The average Bonchev–Trinajstić information content (AvgIpc) is 3.01. The van der Waals surface area contributed by atoms with E-state index in [1.807, 2.05) is 6.92 Å². The fourth-order valence-electron chi connectivity index (χ4n) is 2.54. The largest absolute Gasteiger partial charge is 0.458 e. The van der Waals surface area contributed by atoms with Crippen LogP contribution in [0.15, 0.2) is 4.79 Å². The molecular weight excluding hydrogens is 292 g/mol. The molecule has 10 nitrogen and oxygen atoms in total. The molecule has 3 N–H and O–H groups in total. The number of esters is 1. The summed E-state index contributed by atoms with van der Waals surface area (Å²) in [6.45, 7) is 3.30. The molecule has 1 saturated heterocycles. The first kappa shape index (κ1) is 14.4. The minimum atomic E-state index is -0.687. The maximum absolute atomic E-state index is 11.8. The van der Waals surface area contributed by atoms with E-state index in [9.17, 15) is 9.59 Å². The van der Waals surface area contributed by atoms with E-state index in [2.05, 4.69) is 20.3 Å². The van der Waals surface area contributed by atoms with Gasteiger partial charge in [0.05, 0.1) is 6.10 Å². The lowest BCUT2D eigenvalue weighted by molar-refractivity contribution is -0.152. The molecule has 0 bridgehead atoms. The van der Waals surface area contributed by atoms with Crippen molar-refractivity contribution in [3.63, 3.8) is 0 Å². The quantitative estimate of drug-likeness (QED) is 0.739. The zero-order chi connectivity index (χ0) is 15.9. The van der Waals surface area contributed by atoms with Crippen LogP contribution >= 0.6 is 0 Å². The molecule has 0 aliphatic carbocycles. The van der Waals surface area contributed by atoms with Crippen molar-refractivity contribution in [1.82, 2.24) is 25.0 Å². The Hall–Kier alpha value is -2.49. The Bertz CT molecular complexity index is 769. The van der Waals surface area contributed by atoms with E-state index in [0.29, 0.717) is 6.42 Å². The summed E-state index contributed by atoms with van der Waals surface area (Å²) in [5.41, 5.74) is 5.32. The van der Waals surface area contributed by atoms with E-state index in [1.54, 1.807) is 0 Å². The molecule has 2 aromatic rings. The number of aromatic amines is 1. The molecular formula is C12H16N6O4. The monoisotopic (exact) mass is 308 g/mol. The van der Waals surface area contributed by atoms with Gasteiger partial charge in [-0.1, -0.05) is 12.1 Å². The first-order chi connectivity index (χ1) is 10.5. The topological polar surface area (TPSA) is 138 Å². The number of ether oxygens (including phenoxy) is 2. The molecule has 0 saturated carbocycles. The van der Waals surface area contributed by atoms with Crippen molar-refractivity contribution in [2.75, 3.05) is 5.73 Å². The van der Waals surface area contributed by atoms with Gasteiger partial charge >= 0.3 is 5.97 Å². The standard InChI is InChI=1S/C12H16N6O4/c1-3-6-4-7(21-5(2)19)11(22-6)18-9-8(16-17-18)10(20)15-12(13)14-9/h6-7,11H,3-4H2,1-2H3,(H3,13,14,15,20)/t6-,7-,11-/m1/s1. The predicted molar refractivity (Wildman–Crippen MR) is 74.7 cm³/mol. The molecule has 3 heterocycles. The maximum Gasteiger partial charge on any atom is 0.303 e. The number of anilines is 1. The zero-order valence-electron chi connectivity index (χ0n) is 12.1. The summed E-state index contributed by atoms with van der Waals surface area (Å²) in [5, 5.41) is 7.72. The third-order valence-corrected chi connectivity index (χ3v) is 3.51. The fraction of sp³-hybridized carbons (Fsp3) is 0.583. The molecule has 1 aliphatic heterocycles. The minimum Gasteiger partial charge on any atom is -0.458 e. The van der Waals surface area contributed by atoms with Crippen LogP contribution in [0.4, 0.5) is 5.95 Å². The van der Waals surface area contributed by atoms with Crippen molar-refractivity contribution in [2.45, 2.75) is 45.1 Å². The molecule has 1 fully saturated rings. The van der Waals surface area contributed by atoms with E-state index in [4.69, 9.17) is 15.2 Å². The molecule has 118 valence electrons. The highest BCUT2D eigenvalue weighted by Gasteiger charge is 2.40. The number of carbonyl (C=O) groups is 1. The number of hydrogen-bond donors (Lipinski definition) is 2. The van der Waals surface area contributed by atoms with Crippen molar-refractivity contribution in [3.8, 4) is 0 Å². The fourth-order valence-corrected chi connectivity index (χ4v) is 2.54. The van der Waals surface area contributed by atoms with Crippen molar-refractivity contribution < 1.29 is 14.3 Å². The summed E-state index contributed by atoms with van der Waals surface area (Å²) >= 11 is 0. The lowest BCUT2D eigenvalue weighted by Crippen LogP contribution is -2.26. The highest BCUT2D eigenvalue weighted by molar-refractivity contribution is 5.69. The van der Waals surface area contributed by atoms with Gasteiger partial charge in [0.2, 0.25) is 5.95 Å². The van der Waals surface area contributed by atoms with Crippen LogP contribution in [0.5, 0.6) is 0 Å². The van der Waals surface area contributed by atoms with Gasteiger partial charge in [0.25, 0.3) is 5.56 Å². The zero-order valence-corrected chi connectivity index (χ0v) is 12.1. The van der Waals surface area contributed by atoms with Gasteiger partial charge in [-0.3, -0.25) is 14.6 Å². The SMILES string of the molecule is CC[C@@H]1C[C@@H](OC(C)=O)[C@H](n2nnc3c(=O)[nH]c(N)nc32)O1. The Labute approximate surface area is 124 Å².